The first-order valence-electron chi connectivity index (χ1n) is 5.65. The highest BCUT2D eigenvalue weighted by atomic mass is 16.5. The van der Waals surface area contributed by atoms with Crippen LogP contribution in [0.25, 0.3) is 0 Å². The number of carbonyl (C=O) groups is 1. The van der Waals surface area contributed by atoms with Gasteiger partial charge in [0.25, 0.3) is 0 Å². The third-order valence-electron chi connectivity index (χ3n) is 2.63. The molecule has 5 nitrogen and oxygen atoms in total. The van der Waals surface area contributed by atoms with Gasteiger partial charge in [0, 0.05) is 6.54 Å². The van der Waals surface area contributed by atoms with Gasteiger partial charge in [0.1, 0.15) is 11.8 Å². The van der Waals surface area contributed by atoms with Gasteiger partial charge in [0.15, 0.2) is 5.75 Å². The Hall–Kier alpha value is -1.36. The van der Waals surface area contributed by atoms with Crippen LogP contribution >= 0.6 is 0 Å². The lowest BCUT2D eigenvalue weighted by Crippen LogP contribution is -2.35. The lowest BCUT2D eigenvalue weighted by molar-refractivity contribution is 0.0429. The molecular formula is C12H20N2O3. The van der Waals surface area contributed by atoms with Crippen molar-refractivity contribution in [1.29, 1.82) is 0 Å². The standard InChI is InChI=1S/C12H20N2O3/c1-6-14-9(8(17-5)7-13-14)10(15)11(16)12(2,3)4/h7,11,16H,6H2,1-5H3. The van der Waals surface area contributed by atoms with Gasteiger partial charge in [-0.15, -0.1) is 0 Å². The smallest absolute Gasteiger partial charge is 0.213 e. The van der Waals surface area contributed by atoms with Crippen LogP contribution in [-0.2, 0) is 6.54 Å². The first-order valence-corrected chi connectivity index (χ1v) is 5.65. The molecule has 1 heterocycles. The molecular weight excluding hydrogens is 220 g/mol. The zero-order chi connectivity index (χ0) is 13.2. The van der Waals surface area contributed by atoms with Crippen LogP contribution in [0.2, 0.25) is 0 Å². The summed E-state index contributed by atoms with van der Waals surface area (Å²) >= 11 is 0. The van der Waals surface area contributed by atoms with Crippen LogP contribution in [0, 0.1) is 5.41 Å². The summed E-state index contributed by atoms with van der Waals surface area (Å²) in [6.45, 7) is 7.88. The van der Waals surface area contributed by atoms with Gasteiger partial charge in [-0.1, -0.05) is 20.8 Å². The number of methoxy groups -OCH3 is 1. The number of aryl methyl sites for hydroxylation is 1. The number of ether oxygens (including phenoxy) is 1. The SMILES string of the molecule is CCn1ncc(OC)c1C(=O)C(O)C(C)(C)C. The highest BCUT2D eigenvalue weighted by molar-refractivity contribution is 6.00. The minimum Gasteiger partial charge on any atom is -0.493 e. The van der Waals surface area contributed by atoms with E-state index in [0.29, 0.717) is 18.0 Å². The fourth-order valence-electron chi connectivity index (χ4n) is 1.53. The Bertz CT molecular complexity index is 383. The van der Waals surface area contributed by atoms with Crippen molar-refractivity contribution in [3.63, 3.8) is 0 Å². The molecule has 0 saturated carbocycles. The molecule has 1 aromatic heterocycles. The van der Waals surface area contributed by atoms with Gasteiger partial charge in [-0.2, -0.15) is 5.10 Å². The average Bonchev–Trinajstić information content (AvgIpc) is 2.68. The molecule has 96 valence electrons. The third kappa shape index (κ3) is 2.66. The molecule has 1 aromatic rings. The number of aliphatic hydroxyl groups is 1. The molecule has 1 atom stereocenters. The van der Waals surface area contributed by atoms with Crippen molar-refractivity contribution in [3.8, 4) is 5.75 Å². The summed E-state index contributed by atoms with van der Waals surface area (Å²) < 4.78 is 6.63. The molecule has 0 radical (unpaired) electrons. The van der Waals surface area contributed by atoms with Crippen molar-refractivity contribution in [2.75, 3.05) is 7.11 Å². The molecule has 0 bridgehead atoms. The van der Waals surface area contributed by atoms with Crippen LogP contribution in [0.4, 0.5) is 0 Å². The summed E-state index contributed by atoms with van der Waals surface area (Å²) in [7, 11) is 1.48. The number of rotatable bonds is 4. The van der Waals surface area contributed by atoms with Crippen molar-refractivity contribution in [3.05, 3.63) is 11.9 Å². The summed E-state index contributed by atoms with van der Waals surface area (Å²) in [5, 5.41) is 14.1. The number of ketones is 1. The predicted molar refractivity (Wildman–Crippen MR) is 64.2 cm³/mol. The molecule has 0 spiro atoms. The number of hydrogen-bond donors (Lipinski definition) is 1. The second kappa shape index (κ2) is 4.87. The molecule has 1 rings (SSSR count). The van der Waals surface area contributed by atoms with Crippen molar-refractivity contribution in [2.45, 2.75) is 40.3 Å². The Morgan fingerprint density at radius 2 is 2.18 bits per heavy atom. The van der Waals surface area contributed by atoms with Crippen molar-refractivity contribution < 1.29 is 14.6 Å². The van der Waals surface area contributed by atoms with E-state index in [2.05, 4.69) is 5.10 Å². The second-order valence-electron chi connectivity index (χ2n) is 5.01. The van der Waals surface area contributed by atoms with Gasteiger partial charge >= 0.3 is 0 Å². The maximum atomic E-state index is 12.2. The van der Waals surface area contributed by atoms with Crippen molar-refractivity contribution in [2.24, 2.45) is 5.41 Å². The van der Waals surface area contributed by atoms with E-state index in [-0.39, 0.29) is 5.78 Å². The first-order chi connectivity index (χ1) is 7.82. The lowest BCUT2D eigenvalue weighted by atomic mass is 9.85. The maximum absolute atomic E-state index is 12.2. The fourth-order valence-corrected chi connectivity index (χ4v) is 1.53. The number of carbonyl (C=O) groups excluding carboxylic acids is 1. The highest BCUT2D eigenvalue weighted by Gasteiger charge is 2.33. The van der Waals surface area contributed by atoms with E-state index < -0.39 is 11.5 Å². The Labute approximate surface area is 101 Å². The zero-order valence-corrected chi connectivity index (χ0v) is 11.0. The summed E-state index contributed by atoms with van der Waals surface area (Å²) in [6, 6.07) is 0. The molecule has 0 fully saturated rings. The highest BCUT2D eigenvalue weighted by Crippen LogP contribution is 2.26. The lowest BCUT2D eigenvalue weighted by Gasteiger charge is -2.24. The predicted octanol–water partition coefficient (Wildman–Crippen LogP) is 1.50. The Kier molecular flexibility index (Phi) is 3.93. The minimum atomic E-state index is -1.07. The van der Waals surface area contributed by atoms with E-state index >= 15 is 0 Å². The molecule has 0 aliphatic rings. The number of nitrogens with zero attached hydrogens (tertiary/aromatic N) is 2. The van der Waals surface area contributed by atoms with Crippen molar-refractivity contribution >= 4 is 5.78 Å². The van der Waals surface area contributed by atoms with Crippen LogP contribution in [0.3, 0.4) is 0 Å². The normalized spacial score (nSPS) is 13.5. The number of hydrogen-bond acceptors (Lipinski definition) is 4. The van der Waals surface area contributed by atoms with E-state index in [1.807, 2.05) is 27.7 Å². The van der Waals surface area contributed by atoms with Crippen LogP contribution < -0.4 is 4.74 Å². The molecule has 1 unspecified atom stereocenters. The molecule has 1 N–H and O–H groups in total. The summed E-state index contributed by atoms with van der Waals surface area (Å²) in [5.41, 5.74) is -0.178. The van der Waals surface area contributed by atoms with Gasteiger partial charge in [0.05, 0.1) is 13.3 Å². The van der Waals surface area contributed by atoms with Gasteiger partial charge < -0.3 is 9.84 Å². The van der Waals surface area contributed by atoms with Gasteiger partial charge in [-0.25, -0.2) is 0 Å². The Morgan fingerprint density at radius 1 is 1.59 bits per heavy atom. The molecule has 5 heteroatoms. The van der Waals surface area contributed by atoms with E-state index in [1.54, 1.807) is 0 Å². The zero-order valence-electron chi connectivity index (χ0n) is 11.0. The van der Waals surface area contributed by atoms with Crippen LogP contribution in [0.1, 0.15) is 38.2 Å². The quantitative estimate of drug-likeness (QED) is 0.810. The molecule has 17 heavy (non-hydrogen) atoms. The topological polar surface area (TPSA) is 64.4 Å². The van der Waals surface area contributed by atoms with Gasteiger partial charge in [-0.05, 0) is 12.3 Å². The number of aromatic nitrogens is 2. The minimum absolute atomic E-state index is 0.331. The summed E-state index contributed by atoms with van der Waals surface area (Å²) in [6.07, 6.45) is 0.421. The summed E-state index contributed by atoms with van der Waals surface area (Å²) in [5.74, 6) is 0.0499. The average molecular weight is 240 g/mol. The van der Waals surface area contributed by atoms with Crippen LogP contribution in [0.5, 0.6) is 5.75 Å². The monoisotopic (exact) mass is 240 g/mol. The molecule has 0 aliphatic carbocycles. The number of aliphatic hydroxyl groups excluding tert-OH is 1. The first kappa shape index (κ1) is 13.7. The Morgan fingerprint density at radius 3 is 2.59 bits per heavy atom. The van der Waals surface area contributed by atoms with Crippen molar-refractivity contribution in [1.82, 2.24) is 9.78 Å². The van der Waals surface area contributed by atoms with E-state index in [9.17, 15) is 9.90 Å². The van der Waals surface area contributed by atoms with E-state index in [4.69, 9.17) is 4.74 Å². The molecule has 0 amide bonds. The molecule has 0 aliphatic heterocycles. The maximum Gasteiger partial charge on any atom is 0.213 e. The van der Waals surface area contributed by atoms with E-state index in [1.165, 1.54) is 18.0 Å². The summed E-state index contributed by atoms with van der Waals surface area (Å²) in [4.78, 5) is 12.2. The van der Waals surface area contributed by atoms with Crippen LogP contribution in [0.15, 0.2) is 6.20 Å². The molecule has 0 aromatic carbocycles. The van der Waals surface area contributed by atoms with Gasteiger partial charge in [-0.3, -0.25) is 9.48 Å². The largest absolute Gasteiger partial charge is 0.493 e. The van der Waals surface area contributed by atoms with Crippen LogP contribution in [-0.4, -0.2) is 33.9 Å². The molecule has 0 saturated heterocycles. The van der Waals surface area contributed by atoms with Gasteiger partial charge in [0.2, 0.25) is 5.78 Å². The third-order valence-corrected chi connectivity index (χ3v) is 2.63. The van der Waals surface area contributed by atoms with E-state index in [0.717, 1.165) is 0 Å². The fraction of sp³-hybridized carbons (Fsp3) is 0.667. The second-order valence-corrected chi connectivity index (χ2v) is 5.01. The Balaban J connectivity index is 3.15. The number of Topliss-reactive ketones (excluding diaryl/α,β-unsaturated/α-hetero) is 1.